The van der Waals surface area contributed by atoms with Crippen molar-refractivity contribution in [3.05, 3.63) is 96.1 Å². The second kappa shape index (κ2) is 8.76. The minimum absolute atomic E-state index is 0.113. The van der Waals surface area contributed by atoms with Gasteiger partial charge in [0.05, 0.1) is 11.8 Å². The van der Waals surface area contributed by atoms with Crippen LogP contribution in [0.4, 0.5) is 0 Å². The number of nitrogens with zero attached hydrogens (tertiary/aromatic N) is 4. The summed E-state index contributed by atoms with van der Waals surface area (Å²) >= 11 is 0. The topological polar surface area (TPSA) is 50.6 Å². The molecule has 1 aliphatic heterocycles. The summed E-state index contributed by atoms with van der Waals surface area (Å²) in [5, 5.41) is 4.29. The van der Waals surface area contributed by atoms with Gasteiger partial charge in [-0.1, -0.05) is 65.8 Å². The molecule has 0 saturated carbocycles. The Bertz CT molecular complexity index is 854. The molecule has 28 heavy (non-hydrogen) atoms. The molecule has 3 aromatic rings. The van der Waals surface area contributed by atoms with Gasteiger partial charge in [-0.15, -0.1) is 0 Å². The van der Waals surface area contributed by atoms with Crippen molar-refractivity contribution in [2.75, 3.05) is 13.1 Å². The maximum atomic E-state index is 5.75. The van der Waals surface area contributed by atoms with E-state index in [1.165, 1.54) is 11.1 Å². The van der Waals surface area contributed by atoms with E-state index in [0.29, 0.717) is 6.42 Å². The molecule has 1 aliphatic rings. The molecule has 5 heteroatoms. The van der Waals surface area contributed by atoms with Crippen LogP contribution < -0.4 is 0 Å². The minimum Gasteiger partial charge on any atom is -0.390 e. The van der Waals surface area contributed by atoms with E-state index in [1.54, 1.807) is 12.4 Å². The van der Waals surface area contributed by atoms with Crippen molar-refractivity contribution in [3.63, 3.8) is 0 Å². The summed E-state index contributed by atoms with van der Waals surface area (Å²) in [6, 6.07) is 23.3. The van der Waals surface area contributed by atoms with E-state index < -0.39 is 0 Å². The fourth-order valence-electron chi connectivity index (χ4n) is 3.48. The first-order chi connectivity index (χ1) is 13.8. The van der Waals surface area contributed by atoms with Crippen LogP contribution in [0.1, 0.15) is 29.9 Å². The van der Waals surface area contributed by atoms with Gasteiger partial charge in [0.25, 0.3) is 0 Å². The monoisotopic (exact) mass is 372 g/mol. The van der Waals surface area contributed by atoms with E-state index >= 15 is 0 Å². The quantitative estimate of drug-likeness (QED) is 0.466. The van der Waals surface area contributed by atoms with Crippen molar-refractivity contribution in [3.8, 4) is 0 Å². The summed E-state index contributed by atoms with van der Waals surface area (Å²) in [6.07, 6.45) is 4.20. The molecule has 0 bridgehead atoms. The van der Waals surface area contributed by atoms with Crippen LogP contribution in [0.5, 0.6) is 0 Å². The van der Waals surface area contributed by atoms with E-state index in [-0.39, 0.29) is 12.1 Å². The Hall–Kier alpha value is -3.05. The third kappa shape index (κ3) is 4.43. The predicted molar refractivity (Wildman–Crippen MR) is 110 cm³/mol. The first-order valence-electron chi connectivity index (χ1n) is 9.59. The van der Waals surface area contributed by atoms with Crippen LogP contribution >= 0.6 is 0 Å². The standard InChI is InChI=1S/C23H24N4O/c1-18(15-22-24-13-8-14-25-22)26-28-21-16-27(17-21)23(19-9-4-2-5-10-19)20-11-6-3-7-12-20/h2-14,21,23H,15-17H2,1H3. The molecule has 4 rings (SSSR count). The second-order valence-electron chi connectivity index (χ2n) is 7.07. The largest absolute Gasteiger partial charge is 0.390 e. The van der Waals surface area contributed by atoms with Crippen molar-refractivity contribution in [2.24, 2.45) is 5.16 Å². The zero-order chi connectivity index (χ0) is 19.2. The number of likely N-dealkylation sites (tertiary alicyclic amines) is 1. The Morgan fingerprint density at radius 1 is 0.964 bits per heavy atom. The number of oxime groups is 1. The molecule has 0 unspecified atom stereocenters. The zero-order valence-electron chi connectivity index (χ0n) is 16.0. The molecule has 0 radical (unpaired) electrons. The summed E-state index contributed by atoms with van der Waals surface area (Å²) in [5.41, 5.74) is 3.48. The fraction of sp³-hybridized carbons (Fsp3) is 0.261. The molecule has 5 nitrogen and oxygen atoms in total. The second-order valence-corrected chi connectivity index (χ2v) is 7.07. The third-order valence-electron chi connectivity index (χ3n) is 4.86. The van der Waals surface area contributed by atoms with Gasteiger partial charge < -0.3 is 4.84 Å². The van der Waals surface area contributed by atoms with E-state index in [1.807, 2.05) is 13.0 Å². The Kier molecular flexibility index (Phi) is 5.73. The average molecular weight is 372 g/mol. The lowest BCUT2D eigenvalue weighted by atomic mass is 9.94. The molecule has 1 saturated heterocycles. The summed E-state index contributed by atoms with van der Waals surface area (Å²) in [6.45, 7) is 3.66. The molecule has 142 valence electrons. The lowest BCUT2D eigenvalue weighted by Crippen LogP contribution is -2.53. The molecule has 1 aromatic heterocycles. The fourth-order valence-corrected chi connectivity index (χ4v) is 3.48. The number of aromatic nitrogens is 2. The van der Waals surface area contributed by atoms with Gasteiger partial charge in [0.1, 0.15) is 5.82 Å². The van der Waals surface area contributed by atoms with Crippen LogP contribution in [0.15, 0.2) is 84.3 Å². The van der Waals surface area contributed by atoms with Crippen molar-refractivity contribution < 1.29 is 4.84 Å². The Morgan fingerprint density at radius 3 is 2.11 bits per heavy atom. The average Bonchev–Trinajstić information content (AvgIpc) is 2.71. The molecular weight excluding hydrogens is 348 g/mol. The highest BCUT2D eigenvalue weighted by atomic mass is 16.6. The van der Waals surface area contributed by atoms with Crippen LogP contribution in [0, 0.1) is 0 Å². The van der Waals surface area contributed by atoms with Gasteiger partial charge in [-0.05, 0) is 24.1 Å². The molecular formula is C23H24N4O. The van der Waals surface area contributed by atoms with Gasteiger partial charge in [0.15, 0.2) is 6.10 Å². The summed E-state index contributed by atoms with van der Waals surface area (Å²) in [5.74, 6) is 0.760. The van der Waals surface area contributed by atoms with Gasteiger partial charge in [-0.25, -0.2) is 9.97 Å². The van der Waals surface area contributed by atoms with Crippen molar-refractivity contribution in [2.45, 2.75) is 25.5 Å². The SMILES string of the molecule is CC(Cc1ncccn1)=NOC1CN(C(c2ccccc2)c2ccccc2)C1. The number of benzene rings is 2. The third-order valence-corrected chi connectivity index (χ3v) is 4.86. The minimum atomic E-state index is 0.113. The first kappa shape index (κ1) is 18.3. The van der Waals surface area contributed by atoms with E-state index in [2.05, 4.69) is 80.7 Å². The lowest BCUT2D eigenvalue weighted by Gasteiger charge is -2.43. The van der Waals surface area contributed by atoms with Crippen molar-refractivity contribution >= 4 is 5.71 Å². The molecule has 1 fully saturated rings. The Labute approximate surface area is 165 Å². The van der Waals surface area contributed by atoms with Crippen LogP contribution in [-0.2, 0) is 11.3 Å². The molecule has 0 atom stereocenters. The maximum absolute atomic E-state index is 5.75. The van der Waals surface area contributed by atoms with E-state index in [0.717, 1.165) is 24.6 Å². The number of hydrogen-bond acceptors (Lipinski definition) is 5. The van der Waals surface area contributed by atoms with Crippen LogP contribution in [0.25, 0.3) is 0 Å². The summed E-state index contributed by atoms with van der Waals surface area (Å²) in [7, 11) is 0. The normalized spacial score (nSPS) is 15.4. The summed E-state index contributed by atoms with van der Waals surface area (Å²) < 4.78 is 0. The van der Waals surface area contributed by atoms with Gasteiger partial charge in [0, 0.05) is 31.9 Å². The van der Waals surface area contributed by atoms with E-state index in [4.69, 9.17) is 4.84 Å². The highest BCUT2D eigenvalue weighted by Crippen LogP contribution is 2.32. The van der Waals surface area contributed by atoms with Gasteiger partial charge in [0.2, 0.25) is 0 Å². The highest BCUT2D eigenvalue weighted by Gasteiger charge is 2.35. The van der Waals surface area contributed by atoms with Crippen LogP contribution in [0.2, 0.25) is 0 Å². The molecule has 0 N–H and O–H groups in total. The molecule has 2 heterocycles. The van der Waals surface area contributed by atoms with Crippen molar-refractivity contribution in [1.82, 2.24) is 14.9 Å². The van der Waals surface area contributed by atoms with Crippen molar-refractivity contribution in [1.29, 1.82) is 0 Å². The van der Waals surface area contributed by atoms with Gasteiger partial charge in [-0.2, -0.15) is 0 Å². The Morgan fingerprint density at radius 2 is 1.54 bits per heavy atom. The lowest BCUT2D eigenvalue weighted by molar-refractivity contribution is -0.0652. The van der Waals surface area contributed by atoms with Crippen LogP contribution in [-0.4, -0.2) is 39.8 Å². The van der Waals surface area contributed by atoms with E-state index in [9.17, 15) is 0 Å². The molecule has 0 amide bonds. The smallest absolute Gasteiger partial charge is 0.152 e. The summed E-state index contributed by atoms with van der Waals surface area (Å²) in [4.78, 5) is 16.6. The van der Waals surface area contributed by atoms with Gasteiger partial charge in [-0.3, -0.25) is 4.90 Å². The molecule has 0 spiro atoms. The number of hydrogen-bond donors (Lipinski definition) is 0. The molecule has 0 aliphatic carbocycles. The Balaban J connectivity index is 1.38. The predicted octanol–water partition coefficient (Wildman–Crippen LogP) is 3.89. The maximum Gasteiger partial charge on any atom is 0.152 e. The first-order valence-corrected chi connectivity index (χ1v) is 9.59. The zero-order valence-corrected chi connectivity index (χ0v) is 16.0. The van der Waals surface area contributed by atoms with Gasteiger partial charge >= 0.3 is 0 Å². The molecule has 2 aromatic carbocycles. The number of rotatable bonds is 7. The van der Waals surface area contributed by atoms with Crippen LogP contribution in [0.3, 0.4) is 0 Å². The highest BCUT2D eigenvalue weighted by molar-refractivity contribution is 5.82.